The van der Waals surface area contributed by atoms with Crippen molar-refractivity contribution in [3.63, 3.8) is 0 Å². The van der Waals surface area contributed by atoms with Crippen molar-refractivity contribution in [1.82, 2.24) is 4.98 Å². The van der Waals surface area contributed by atoms with Crippen LogP contribution < -0.4 is 4.74 Å². The Morgan fingerprint density at radius 1 is 1.43 bits per heavy atom. The molecule has 0 atom stereocenters. The molecule has 1 N–H and O–H groups in total. The van der Waals surface area contributed by atoms with E-state index >= 15 is 0 Å². The van der Waals surface area contributed by atoms with E-state index in [9.17, 15) is 14.9 Å². The minimum absolute atomic E-state index is 0.0151. The van der Waals surface area contributed by atoms with Crippen molar-refractivity contribution in [3.05, 3.63) is 56.7 Å². The highest BCUT2D eigenvalue weighted by molar-refractivity contribution is 6.32. The van der Waals surface area contributed by atoms with Crippen LogP contribution in [0.3, 0.4) is 0 Å². The quantitative estimate of drug-likeness (QED) is 0.685. The van der Waals surface area contributed by atoms with Crippen molar-refractivity contribution in [3.8, 4) is 11.6 Å². The van der Waals surface area contributed by atoms with Crippen LogP contribution in [0.4, 0.5) is 5.69 Å². The van der Waals surface area contributed by atoms with Gasteiger partial charge in [0.1, 0.15) is 5.75 Å². The van der Waals surface area contributed by atoms with E-state index in [1.54, 1.807) is 6.92 Å². The van der Waals surface area contributed by atoms with Crippen LogP contribution in [-0.2, 0) is 0 Å². The molecule has 2 rings (SSSR count). The molecular formula is C13H9ClN2O5. The molecular weight excluding hydrogens is 300 g/mol. The summed E-state index contributed by atoms with van der Waals surface area (Å²) in [4.78, 5) is 25.0. The number of aromatic carboxylic acids is 1. The van der Waals surface area contributed by atoms with Gasteiger partial charge in [-0.05, 0) is 30.7 Å². The summed E-state index contributed by atoms with van der Waals surface area (Å²) in [6, 6.07) is 5.11. The topological polar surface area (TPSA) is 103 Å². The predicted molar refractivity (Wildman–Crippen MR) is 74.1 cm³/mol. The third kappa shape index (κ3) is 3.26. The normalized spacial score (nSPS) is 10.2. The summed E-state index contributed by atoms with van der Waals surface area (Å²) in [5, 5.41) is 19.8. The number of carboxylic acids is 1. The van der Waals surface area contributed by atoms with Crippen molar-refractivity contribution < 1.29 is 19.6 Å². The van der Waals surface area contributed by atoms with Crippen LogP contribution in [0.15, 0.2) is 30.5 Å². The van der Waals surface area contributed by atoms with Crippen LogP contribution in [-0.4, -0.2) is 21.0 Å². The highest BCUT2D eigenvalue weighted by atomic mass is 35.5. The number of benzene rings is 1. The second-order valence-corrected chi connectivity index (χ2v) is 4.55. The molecule has 0 radical (unpaired) electrons. The lowest BCUT2D eigenvalue weighted by molar-refractivity contribution is -0.386. The number of pyridine rings is 1. The van der Waals surface area contributed by atoms with Gasteiger partial charge in [0.05, 0.1) is 15.5 Å². The molecule has 1 aromatic heterocycles. The smallest absolute Gasteiger partial charge is 0.335 e. The number of carboxylic acid groups (broad SMARTS) is 1. The largest absolute Gasteiger partial charge is 0.478 e. The van der Waals surface area contributed by atoms with Crippen molar-refractivity contribution in [1.29, 1.82) is 0 Å². The maximum Gasteiger partial charge on any atom is 0.335 e. The van der Waals surface area contributed by atoms with Crippen LogP contribution in [0.25, 0.3) is 0 Å². The fourth-order valence-corrected chi connectivity index (χ4v) is 1.79. The van der Waals surface area contributed by atoms with Gasteiger partial charge in [-0.3, -0.25) is 10.1 Å². The second kappa shape index (κ2) is 5.76. The molecule has 1 aromatic carbocycles. The molecule has 8 heteroatoms. The third-order valence-corrected chi connectivity index (χ3v) is 2.85. The third-order valence-electron chi connectivity index (χ3n) is 2.55. The highest BCUT2D eigenvalue weighted by Gasteiger charge is 2.19. The summed E-state index contributed by atoms with van der Waals surface area (Å²) in [6.45, 7) is 1.67. The molecule has 0 saturated carbocycles. The fourth-order valence-electron chi connectivity index (χ4n) is 1.57. The number of aryl methyl sites for hydroxylation is 1. The number of nitro groups is 1. The second-order valence-electron chi connectivity index (χ2n) is 4.15. The maximum atomic E-state index is 11.0. The molecule has 0 fully saturated rings. The number of carbonyl (C=O) groups is 1. The Bertz CT molecular complexity index is 732. The average Bonchev–Trinajstić information content (AvgIpc) is 2.42. The van der Waals surface area contributed by atoms with Crippen LogP contribution >= 0.6 is 11.6 Å². The molecule has 0 aliphatic heterocycles. The monoisotopic (exact) mass is 308 g/mol. The summed E-state index contributed by atoms with van der Waals surface area (Å²) >= 11 is 5.90. The number of halogens is 1. The Kier molecular flexibility index (Phi) is 4.04. The molecule has 0 unspecified atom stereocenters. The first-order valence-electron chi connectivity index (χ1n) is 5.70. The molecule has 0 amide bonds. The minimum atomic E-state index is -1.14. The molecule has 7 nitrogen and oxygen atoms in total. The Morgan fingerprint density at radius 2 is 2.14 bits per heavy atom. The molecule has 0 saturated heterocycles. The lowest BCUT2D eigenvalue weighted by atomic mass is 10.2. The summed E-state index contributed by atoms with van der Waals surface area (Å²) in [5.74, 6) is -1.26. The van der Waals surface area contributed by atoms with Gasteiger partial charge in [-0.1, -0.05) is 11.6 Å². The zero-order chi connectivity index (χ0) is 15.6. The number of aromatic nitrogens is 1. The molecule has 1 heterocycles. The molecule has 2 aromatic rings. The Labute approximate surface area is 123 Å². The first-order chi connectivity index (χ1) is 9.88. The van der Waals surface area contributed by atoms with Gasteiger partial charge in [-0.2, -0.15) is 0 Å². The van der Waals surface area contributed by atoms with E-state index in [0.717, 1.165) is 0 Å². The Morgan fingerprint density at radius 3 is 2.71 bits per heavy atom. The summed E-state index contributed by atoms with van der Waals surface area (Å²) < 4.78 is 5.31. The zero-order valence-corrected chi connectivity index (χ0v) is 11.5. The van der Waals surface area contributed by atoms with E-state index in [0.29, 0.717) is 5.56 Å². The Balaban J connectivity index is 2.39. The average molecular weight is 309 g/mol. The van der Waals surface area contributed by atoms with Crippen LogP contribution in [0.2, 0.25) is 5.02 Å². The van der Waals surface area contributed by atoms with E-state index in [2.05, 4.69) is 4.98 Å². The van der Waals surface area contributed by atoms with Crippen molar-refractivity contribution in [2.24, 2.45) is 0 Å². The number of nitrogens with zero attached hydrogens (tertiary/aromatic N) is 2. The lowest BCUT2D eigenvalue weighted by Gasteiger charge is -2.08. The van der Waals surface area contributed by atoms with Crippen LogP contribution in [0.1, 0.15) is 15.9 Å². The molecule has 0 aliphatic carbocycles. The van der Waals surface area contributed by atoms with E-state index in [1.807, 2.05) is 0 Å². The van der Waals surface area contributed by atoms with Crippen LogP contribution in [0.5, 0.6) is 11.6 Å². The summed E-state index contributed by atoms with van der Waals surface area (Å²) in [5.41, 5.74) is 0.300. The van der Waals surface area contributed by atoms with E-state index in [-0.39, 0.29) is 27.9 Å². The molecule has 21 heavy (non-hydrogen) atoms. The maximum absolute atomic E-state index is 11.0. The molecule has 108 valence electrons. The number of rotatable bonds is 4. The van der Waals surface area contributed by atoms with Gasteiger partial charge in [-0.15, -0.1) is 0 Å². The van der Waals surface area contributed by atoms with Gasteiger partial charge in [0.15, 0.2) is 0 Å². The summed E-state index contributed by atoms with van der Waals surface area (Å²) in [6.07, 6.45) is 1.42. The van der Waals surface area contributed by atoms with E-state index in [4.69, 9.17) is 21.4 Å². The number of hydrogen-bond donors (Lipinski definition) is 1. The predicted octanol–water partition coefficient (Wildman–Crippen LogP) is 3.44. The van der Waals surface area contributed by atoms with Crippen LogP contribution in [0, 0.1) is 17.0 Å². The first-order valence-corrected chi connectivity index (χ1v) is 6.08. The van der Waals surface area contributed by atoms with Gasteiger partial charge in [-0.25, -0.2) is 9.78 Å². The van der Waals surface area contributed by atoms with Crippen molar-refractivity contribution in [2.45, 2.75) is 6.92 Å². The Hall–Kier alpha value is -2.67. The highest BCUT2D eigenvalue weighted by Crippen LogP contribution is 2.34. The van der Waals surface area contributed by atoms with Gasteiger partial charge < -0.3 is 9.84 Å². The van der Waals surface area contributed by atoms with Gasteiger partial charge >= 0.3 is 11.7 Å². The first kappa shape index (κ1) is 14.7. The number of hydrogen-bond acceptors (Lipinski definition) is 5. The lowest BCUT2D eigenvalue weighted by Crippen LogP contribution is -1.99. The van der Waals surface area contributed by atoms with E-state index < -0.39 is 10.9 Å². The van der Waals surface area contributed by atoms with Gasteiger partial charge in [0.25, 0.3) is 5.88 Å². The molecule has 0 spiro atoms. The standard InChI is InChI=1S/C13H9ClN2O5/c1-7-4-10(16(19)20)12(15-6-7)21-11-3-2-8(13(17)18)5-9(11)14/h2-6H,1H3,(H,17,18). The van der Waals surface area contributed by atoms with Crippen molar-refractivity contribution in [2.75, 3.05) is 0 Å². The van der Waals surface area contributed by atoms with Gasteiger partial charge in [0, 0.05) is 12.3 Å². The number of ether oxygens (including phenoxy) is 1. The van der Waals surface area contributed by atoms with Gasteiger partial charge in [0.2, 0.25) is 0 Å². The van der Waals surface area contributed by atoms with Crippen molar-refractivity contribution >= 4 is 23.3 Å². The molecule has 0 aliphatic rings. The fraction of sp³-hybridized carbons (Fsp3) is 0.0769. The zero-order valence-electron chi connectivity index (χ0n) is 10.7. The SMILES string of the molecule is Cc1cnc(Oc2ccc(C(=O)O)cc2Cl)c([N+](=O)[O-])c1. The molecule has 0 bridgehead atoms. The summed E-state index contributed by atoms with van der Waals surface area (Å²) in [7, 11) is 0. The van der Waals surface area contributed by atoms with E-state index in [1.165, 1.54) is 30.5 Å². The minimum Gasteiger partial charge on any atom is -0.478 e.